The molecule has 0 fully saturated rings. The molecule has 0 aliphatic carbocycles. The van der Waals surface area contributed by atoms with E-state index in [1.807, 2.05) is 18.2 Å². The highest BCUT2D eigenvalue weighted by Crippen LogP contribution is 2.28. The average molecular weight is 288 g/mol. The summed E-state index contributed by atoms with van der Waals surface area (Å²) in [5.41, 5.74) is 1.06. The number of hydrogen-bond donors (Lipinski definition) is 1. The lowest BCUT2D eigenvalue weighted by molar-refractivity contribution is 0.171. The van der Waals surface area contributed by atoms with Crippen molar-refractivity contribution in [2.45, 2.75) is 13.0 Å². The van der Waals surface area contributed by atoms with Gasteiger partial charge in [0, 0.05) is 45.9 Å². The van der Waals surface area contributed by atoms with E-state index in [2.05, 4.69) is 5.32 Å². The lowest BCUT2D eigenvalue weighted by Gasteiger charge is -2.13. The molecule has 0 spiro atoms. The van der Waals surface area contributed by atoms with Crippen LogP contribution in [0.3, 0.4) is 0 Å². The molecule has 0 aliphatic rings. The molecule has 0 unspecified atom stereocenters. The lowest BCUT2D eigenvalue weighted by Crippen LogP contribution is -2.19. The van der Waals surface area contributed by atoms with Gasteiger partial charge >= 0.3 is 0 Å². The maximum atomic E-state index is 6.17. The number of para-hydroxylation sites is 1. The zero-order valence-corrected chi connectivity index (χ0v) is 12.3. The second-order valence-electron chi connectivity index (χ2n) is 4.09. The molecule has 108 valence electrons. The summed E-state index contributed by atoms with van der Waals surface area (Å²) in [6.45, 7) is 3.48. The molecule has 19 heavy (non-hydrogen) atoms. The smallest absolute Gasteiger partial charge is 0.142 e. The van der Waals surface area contributed by atoms with Gasteiger partial charge in [0.2, 0.25) is 0 Å². The number of benzene rings is 1. The second kappa shape index (κ2) is 10.0. The first-order valence-corrected chi connectivity index (χ1v) is 6.76. The first-order valence-electron chi connectivity index (χ1n) is 6.38. The zero-order valence-electron chi connectivity index (χ0n) is 11.6. The molecule has 0 atom stereocenters. The van der Waals surface area contributed by atoms with Gasteiger partial charge in [0.25, 0.3) is 0 Å². The molecule has 1 aromatic carbocycles. The third-order valence-electron chi connectivity index (χ3n) is 2.59. The van der Waals surface area contributed by atoms with Gasteiger partial charge in [-0.3, -0.25) is 0 Å². The first kappa shape index (κ1) is 16.2. The van der Waals surface area contributed by atoms with E-state index >= 15 is 0 Å². The van der Waals surface area contributed by atoms with Crippen LogP contribution < -0.4 is 10.1 Å². The number of halogens is 1. The molecule has 0 heterocycles. The third-order valence-corrected chi connectivity index (χ3v) is 2.88. The van der Waals surface area contributed by atoms with E-state index < -0.39 is 0 Å². The van der Waals surface area contributed by atoms with Crippen LogP contribution in [0.15, 0.2) is 18.2 Å². The van der Waals surface area contributed by atoms with Crippen LogP contribution in [0.25, 0.3) is 0 Å². The average Bonchev–Trinajstić information content (AvgIpc) is 2.42. The number of methoxy groups -OCH3 is 2. The summed E-state index contributed by atoms with van der Waals surface area (Å²) < 4.78 is 15.7. The molecule has 1 N–H and O–H groups in total. The molecular weight excluding hydrogens is 266 g/mol. The first-order chi connectivity index (χ1) is 9.29. The zero-order chi connectivity index (χ0) is 13.9. The molecule has 0 saturated carbocycles. The Morgan fingerprint density at radius 3 is 2.63 bits per heavy atom. The monoisotopic (exact) mass is 287 g/mol. The van der Waals surface area contributed by atoms with Crippen molar-refractivity contribution in [3.05, 3.63) is 28.8 Å². The van der Waals surface area contributed by atoms with Crippen LogP contribution >= 0.6 is 11.6 Å². The molecule has 5 heteroatoms. The molecule has 1 aromatic rings. The molecule has 0 saturated heterocycles. The van der Waals surface area contributed by atoms with Gasteiger partial charge < -0.3 is 19.5 Å². The highest BCUT2D eigenvalue weighted by atomic mass is 35.5. The maximum absolute atomic E-state index is 6.17. The summed E-state index contributed by atoms with van der Waals surface area (Å²) in [6, 6.07) is 5.78. The number of nitrogens with one attached hydrogen (secondary N) is 1. The summed E-state index contributed by atoms with van der Waals surface area (Å²) >= 11 is 6.17. The normalized spacial score (nSPS) is 10.7. The van der Waals surface area contributed by atoms with Crippen LogP contribution in [0.1, 0.15) is 12.0 Å². The van der Waals surface area contributed by atoms with Crippen molar-refractivity contribution in [1.29, 1.82) is 0 Å². The Kier molecular flexibility index (Phi) is 8.58. The Bertz CT molecular complexity index is 361. The van der Waals surface area contributed by atoms with Crippen molar-refractivity contribution in [1.82, 2.24) is 5.32 Å². The summed E-state index contributed by atoms with van der Waals surface area (Å²) in [7, 11) is 3.37. The van der Waals surface area contributed by atoms with E-state index in [9.17, 15) is 0 Å². The molecule has 4 nitrogen and oxygen atoms in total. The van der Waals surface area contributed by atoms with Gasteiger partial charge in [-0.25, -0.2) is 0 Å². The lowest BCUT2D eigenvalue weighted by atomic mass is 10.2. The summed E-state index contributed by atoms with van der Waals surface area (Å²) in [4.78, 5) is 0. The van der Waals surface area contributed by atoms with Crippen LogP contribution in [-0.4, -0.2) is 40.6 Å². The Balaban J connectivity index is 2.51. The molecule has 1 rings (SSSR count). The number of hydrogen-bond acceptors (Lipinski definition) is 4. The highest BCUT2D eigenvalue weighted by Gasteiger charge is 2.08. The molecule has 0 bridgehead atoms. The van der Waals surface area contributed by atoms with E-state index in [0.29, 0.717) is 31.4 Å². The van der Waals surface area contributed by atoms with Crippen LogP contribution in [0.5, 0.6) is 5.75 Å². The Labute approximate surface area is 120 Å². The van der Waals surface area contributed by atoms with Crippen molar-refractivity contribution >= 4 is 11.6 Å². The molecule has 0 radical (unpaired) electrons. The summed E-state index contributed by atoms with van der Waals surface area (Å²) in [6.07, 6.45) is 0.846. The second-order valence-corrected chi connectivity index (χ2v) is 4.50. The number of rotatable bonds is 10. The van der Waals surface area contributed by atoms with Crippen molar-refractivity contribution < 1.29 is 14.2 Å². The third kappa shape index (κ3) is 6.25. The van der Waals surface area contributed by atoms with Crippen molar-refractivity contribution in [2.75, 3.05) is 40.6 Å². The van der Waals surface area contributed by atoms with E-state index in [-0.39, 0.29) is 0 Å². The van der Waals surface area contributed by atoms with Gasteiger partial charge in [0.15, 0.2) is 0 Å². The minimum Gasteiger partial charge on any atom is -0.492 e. The quantitative estimate of drug-likeness (QED) is 0.671. The van der Waals surface area contributed by atoms with E-state index in [1.165, 1.54) is 0 Å². The van der Waals surface area contributed by atoms with Gasteiger partial charge in [-0.15, -0.1) is 0 Å². The summed E-state index contributed by atoms with van der Waals surface area (Å²) in [5.74, 6) is 0.755. The topological polar surface area (TPSA) is 39.7 Å². The highest BCUT2D eigenvalue weighted by molar-refractivity contribution is 6.32. The van der Waals surface area contributed by atoms with Crippen molar-refractivity contribution in [3.8, 4) is 5.75 Å². The largest absolute Gasteiger partial charge is 0.492 e. The van der Waals surface area contributed by atoms with Gasteiger partial charge in [-0.1, -0.05) is 23.7 Å². The van der Waals surface area contributed by atoms with Crippen LogP contribution in [0, 0.1) is 0 Å². The summed E-state index contributed by atoms with van der Waals surface area (Å²) in [5, 5.41) is 3.93. The SMILES string of the molecule is COCCCOc1c(Cl)cccc1CNCCOC. The predicted molar refractivity (Wildman–Crippen MR) is 77.0 cm³/mol. The maximum Gasteiger partial charge on any atom is 0.142 e. The van der Waals surface area contributed by atoms with Crippen molar-refractivity contribution in [2.24, 2.45) is 0 Å². The molecular formula is C14H22ClNO3. The fourth-order valence-electron chi connectivity index (χ4n) is 1.63. The number of ether oxygens (including phenoxy) is 3. The fraction of sp³-hybridized carbons (Fsp3) is 0.571. The van der Waals surface area contributed by atoms with Crippen LogP contribution in [0.2, 0.25) is 5.02 Å². The van der Waals surface area contributed by atoms with Crippen molar-refractivity contribution in [3.63, 3.8) is 0 Å². The Morgan fingerprint density at radius 1 is 1.11 bits per heavy atom. The van der Waals surface area contributed by atoms with Crippen LogP contribution in [-0.2, 0) is 16.0 Å². The fourth-order valence-corrected chi connectivity index (χ4v) is 1.88. The van der Waals surface area contributed by atoms with E-state index in [0.717, 1.165) is 24.3 Å². The standard InChI is InChI=1S/C14H22ClNO3/c1-17-8-4-9-19-14-12(5-3-6-13(14)15)11-16-7-10-18-2/h3,5-6,16H,4,7-11H2,1-2H3. The van der Waals surface area contributed by atoms with Gasteiger partial charge in [-0.2, -0.15) is 0 Å². The predicted octanol–water partition coefficient (Wildman–Crippen LogP) is 2.49. The van der Waals surface area contributed by atoms with Gasteiger partial charge in [-0.05, 0) is 6.07 Å². The molecule has 0 amide bonds. The Morgan fingerprint density at radius 2 is 1.89 bits per heavy atom. The van der Waals surface area contributed by atoms with E-state index in [1.54, 1.807) is 14.2 Å². The Hall–Kier alpha value is -0.810. The minimum absolute atomic E-state index is 0.600. The van der Waals surface area contributed by atoms with Crippen LogP contribution in [0.4, 0.5) is 0 Å². The minimum atomic E-state index is 0.600. The van der Waals surface area contributed by atoms with E-state index in [4.69, 9.17) is 25.8 Å². The van der Waals surface area contributed by atoms with Gasteiger partial charge in [0.1, 0.15) is 5.75 Å². The molecule has 0 aromatic heterocycles. The van der Waals surface area contributed by atoms with Gasteiger partial charge in [0.05, 0.1) is 18.2 Å². The molecule has 0 aliphatic heterocycles.